The zero-order valence-electron chi connectivity index (χ0n) is 15.9. The van der Waals surface area contributed by atoms with Gasteiger partial charge in [-0.05, 0) is 56.7 Å². The largest absolute Gasteiger partial charge is 0.298 e. The van der Waals surface area contributed by atoms with Gasteiger partial charge in [0.1, 0.15) is 0 Å². The minimum atomic E-state index is -0.286. The lowest BCUT2D eigenvalue weighted by Crippen LogP contribution is -2.31. The number of nitrogens with one attached hydrogen (secondary N) is 1. The van der Waals surface area contributed by atoms with Crippen molar-refractivity contribution in [3.05, 3.63) is 52.6 Å². The van der Waals surface area contributed by atoms with E-state index in [4.69, 9.17) is 0 Å². The number of carbonyl (C=O) groups excluding carboxylic acids is 3. The standard InChI is InChI=1S/C22H21N3O3S/c26-19(24-22-23-17-10-3-4-11-18(17)29-22)13-6-5-7-14(12-13)25-20(27)15-8-1-2-9-16(15)21(25)28/h1-2,5-7,12,15-16H,3-4,8-11H2,(H,23,24,26)/t15-,16+. The summed E-state index contributed by atoms with van der Waals surface area (Å²) in [5.74, 6) is -1.20. The predicted octanol–water partition coefficient (Wildman–Crippen LogP) is 3.73. The van der Waals surface area contributed by atoms with Gasteiger partial charge in [0.05, 0.1) is 23.2 Å². The van der Waals surface area contributed by atoms with Crippen LogP contribution in [0.4, 0.5) is 10.8 Å². The van der Waals surface area contributed by atoms with Crippen molar-refractivity contribution in [3.63, 3.8) is 0 Å². The number of hydrogen-bond acceptors (Lipinski definition) is 5. The summed E-state index contributed by atoms with van der Waals surface area (Å²) in [4.78, 5) is 45.4. The monoisotopic (exact) mass is 407 g/mol. The summed E-state index contributed by atoms with van der Waals surface area (Å²) < 4.78 is 0. The first-order valence-corrected chi connectivity index (χ1v) is 10.9. The fourth-order valence-corrected chi connectivity index (χ4v) is 5.46. The second kappa shape index (κ2) is 7.22. The summed E-state index contributed by atoms with van der Waals surface area (Å²) in [7, 11) is 0. The molecule has 6 nitrogen and oxygen atoms in total. The van der Waals surface area contributed by atoms with Gasteiger partial charge in [-0.1, -0.05) is 18.2 Å². The Hall–Kier alpha value is -2.80. The lowest BCUT2D eigenvalue weighted by atomic mass is 9.85. The van der Waals surface area contributed by atoms with Crippen molar-refractivity contribution in [1.82, 2.24) is 4.98 Å². The number of allylic oxidation sites excluding steroid dienone is 2. The number of aryl methyl sites for hydroxylation is 2. The van der Waals surface area contributed by atoms with Gasteiger partial charge in [-0.25, -0.2) is 4.98 Å². The molecule has 1 fully saturated rings. The highest BCUT2D eigenvalue weighted by molar-refractivity contribution is 7.15. The van der Waals surface area contributed by atoms with Gasteiger partial charge in [0, 0.05) is 10.4 Å². The molecule has 1 aromatic heterocycles. The van der Waals surface area contributed by atoms with E-state index in [1.54, 1.807) is 24.3 Å². The molecule has 1 saturated heterocycles. The fraction of sp³-hybridized carbons (Fsp3) is 0.364. The highest BCUT2D eigenvalue weighted by atomic mass is 32.1. The fourth-order valence-electron chi connectivity index (χ4n) is 4.42. The first kappa shape index (κ1) is 18.2. The van der Waals surface area contributed by atoms with Crippen LogP contribution >= 0.6 is 11.3 Å². The summed E-state index contributed by atoms with van der Waals surface area (Å²) in [5.41, 5.74) is 1.96. The van der Waals surface area contributed by atoms with E-state index in [2.05, 4.69) is 10.3 Å². The van der Waals surface area contributed by atoms with E-state index < -0.39 is 0 Å². The Morgan fingerprint density at radius 3 is 2.52 bits per heavy atom. The van der Waals surface area contributed by atoms with Gasteiger partial charge >= 0.3 is 0 Å². The van der Waals surface area contributed by atoms with Gasteiger partial charge in [0.25, 0.3) is 5.91 Å². The number of nitrogens with zero attached hydrogens (tertiary/aromatic N) is 2. The summed E-state index contributed by atoms with van der Waals surface area (Å²) >= 11 is 1.53. The van der Waals surface area contributed by atoms with Crippen LogP contribution in [-0.2, 0) is 22.4 Å². The summed E-state index contributed by atoms with van der Waals surface area (Å²) in [5, 5.41) is 3.48. The molecule has 1 aromatic carbocycles. The molecule has 2 atom stereocenters. The molecular formula is C22H21N3O3S. The van der Waals surface area contributed by atoms with E-state index in [-0.39, 0.29) is 29.6 Å². The van der Waals surface area contributed by atoms with E-state index >= 15 is 0 Å². The van der Waals surface area contributed by atoms with Crippen molar-refractivity contribution in [2.24, 2.45) is 11.8 Å². The van der Waals surface area contributed by atoms with E-state index in [0.717, 1.165) is 25.0 Å². The zero-order chi connectivity index (χ0) is 20.0. The van der Waals surface area contributed by atoms with Crippen LogP contribution < -0.4 is 10.2 Å². The summed E-state index contributed by atoms with van der Waals surface area (Å²) in [6.45, 7) is 0. The predicted molar refractivity (Wildman–Crippen MR) is 111 cm³/mol. The molecule has 0 bridgehead atoms. The van der Waals surface area contributed by atoms with Gasteiger partial charge < -0.3 is 0 Å². The minimum Gasteiger partial charge on any atom is -0.298 e. The molecule has 5 rings (SSSR count). The van der Waals surface area contributed by atoms with E-state index in [0.29, 0.717) is 29.2 Å². The first-order chi connectivity index (χ1) is 14.1. The first-order valence-electron chi connectivity index (χ1n) is 10.0. The van der Waals surface area contributed by atoms with E-state index in [9.17, 15) is 14.4 Å². The quantitative estimate of drug-likeness (QED) is 0.621. The minimum absolute atomic E-state index is 0.172. The number of rotatable bonds is 3. The SMILES string of the molecule is O=C(Nc1nc2c(s1)CCCC2)c1cccc(N2C(=O)[C@H]3CC=CC[C@H]3C2=O)c1. The molecule has 0 spiro atoms. The summed E-state index contributed by atoms with van der Waals surface area (Å²) in [6, 6.07) is 6.72. The third kappa shape index (κ3) is 3.19. The molecule has 3 amide bonds. The Bertz CT molecular complexity index is 992. The van der Waals surface area contributed by atoms with Gasteiger partial charge in [0.2, 0.25) is 11.8 Å². The maximum Gasteiger partial charge on any atom is 0.257 e. The van der Waals surface area contributed by atoms with Crippen LogP contribution in [0.5, 0.6) is 0 Å². The van der Waals surface area contributed by atoms with Gasteiger partial charge in [-0.3, -0.25) is 24.6 Å². The lowest BCUT2D eigenvalue weighted by Gasteiger charge is -2.15. The van der Waals surface area contributed by atoms with Crippen LogP contribution in [0.15, 0.2) is 36.4 Å². The lowest BCUT2D eigenvalue weighted by molar-refractivity contribution is -0.122. The Labute approximate surface area is 172 Å². The van der Waals surface area contributed by atoms with Crippen molar-refractivity contribution in [2.45, 2.75) is 38.5 Å². The maximum atomic E-state index is 12.8. The molecule has 2 aromatic rings. The number of carbonyl (C=O) groups is 3. The van der Waals surface area contributed by atoms with Crippen LogP contribution in [0.2, 0.25) is 0 Å². The Morgan fingerprint density at radius 1 is 1.07 bits per heavy atom. The van der Waals surface area contributed by atoms with Crippen molar-refractivity contribution >= 4 is 39.9 Å². The van der Waals surface area contributed by atoms with Crippen molar-refractivity contribution in [3.8, 4) is 0 Å². The third-order valence-electron chi connectivity index (χ3n) is 5.94. The Balaban J connectivity index is 1.37. The molecule has 7 heteroatoms. The number of aromatic nitrogens is 1. The topological polar surface area (TPSA) is 79.4 Å². The number of fused-ring (bicyclic) bond motifs is 2. The number of amides is 3. The Kier molecular flexibility index (Phi) is 4.54. The molecule has 2 heterocycles. The van der Waals surface area contributed by atoms with Gasteiger partial charge in [0.15, 0.2) is 5.13 Å². The molecule has 0 saturated carbocycles. The van der Waals surface area contributed by atoms with Crippen LogP contribution in [0.1, 0.15) is 46.6 Å². The highest BCUT2D eigenvalue weighted by Crippen LogP contribution is 2.38. The van der Waals surface area contributed by atoms with Crippen LogP contribution in [0.3, 0.4) is 0 Å². The van der Waals surface area contributed by atoms with Crippen molar-refractivity contribution in [1.29, 1.82) is 0 Å². The number of anilines is 2. The molecule has 1 aliphatic heterocycles. The van der Waals surface area contributed by atoms with Crippen molar-refractivity contribution < 1.29 is 14.4 Å². The van der Waals surface area contributed by atoms with Crippen molar-refractivity contribution in [2.75, 3.05) is 10.2 Å². The number of thiazole rings is 1. The van der Waals surface area contributed by atoms with Crippen LogP contribution in [0, 0.1) is 11.8 Å². The molecule has 1 N–H and O–H groups in total. The molecule has 2 aliphatic carbocycles. The third-order valence-corrected chi connectivity index (χ3v) is 7.01. The average molecular weight is 407 g/mol. The second-order valence-corrected chi connectivity index (χ2v) is 8.85. The maximum absolute atomic E-state index is 12.8. The molecule has 148 valence electrons. The average Bonchev–Trinajstić information content (AvgIpc) is 3.26. The zero-order valence-corrected chi connectivity index (χ0v) is 16.7. The molecule has 0 radical (unpaired) electrons. The second-order valence-electron chi connectivity index (χ2n) is 7.77. The summed E-state index contributed by atoms with van der Waals surface area (Å²) in [6.07, 6.45) is 9.42. The van der Waals surface area contributed by atoms with Crippen LogP contribution in [-0.4, -0.2) is 22.7 Å². The van der Waals surface area contributed by atoms with E-state index in [1.807, 2.05) is 12.2 Å². The Morgan fingerprint density at radius 2 is 1.79 bits per heavy atom. The molecule has 3 aliphatic rings. The number of imide groups is 1. The molecule has 0 unspecified atom stereocenters. The van der Waals surface area contributed by atoms with E-state index in [1.165, 1.54) is 27.5 Å². The molecule has 29 heavy (non-hydrogen) atoms. The highest BCUT2D eigenvalue weighted by Gasteiger charge is 2.47. The number of benzene rings is 1. The molecular weight excluding hydrogens is 386 g/mol. The normalized spacial score (nSPS) is 23.1. The van der Waals surface area contributed by atoms with Crippen LogP contribution in [0.25, 0.3) is 0 Å². The van der Waals surface area contributed by atoms with Gasteiger partial charge in [-0.15, -0.1) is 11.3 Å². The van der Waals surface area contributed by atoms with Gasteiger partial charge in [-0.2, -0.15) is 0 Å². The smallest absolute Gasteiger partial charge is 0.257 e. The number of hydrogen-bond donors (Lipinski definition) is 1.